The predicted molar refractivity (Wildman–Crippen MR) is 112 cm³/mol. The highest BCUT2D eigenvalue weighted by atomic mass is 16.1. The molecular formula is C22H22N6O. The summed E-state index contributed by atoms with van der Waals surface area (Å²) in [6.07, 6.45) is 10.9. The Bertz CT molecular complexity index is 1160. The van der Waals surface area contributed by atoms with Gasteiger partial charge in [0.05, 0.1) is 11.9 Å². The van der Waals surface area contributed by atoms with Crippen molar-refractivity contribution >= 4 is 22.7 Å². The first-order valence-corrected chi connectivity index (χ1v) is 10.0. The number of pyridine rings is 1. The molecule has 0 bridgehead atoms. The van der Waals surface area contributed by atoms with Crippen molar-refractivity contribution < 1.29 is 0 Å². The third-order valence-corrected chi connectivity index (χ3v) is 5.48. The molecule has 1 fully saturated rings. The van der Waals surface area contributed by atoms with Crippen molar-refractivity contribution in [2.45, 2.75) is 38.1 Å². The van der Waals surface area contributed by atoms with Crippen molar-refractivity contribution in [2.75, 3.05) is 5.01 Å². The summed E-state index contributed by atoms with van der Waals surface area (Å²) in [4.78, 5) is 23.9. The molecule has 1 aromatic carbocycles. The number of nitrogens with zero attached hydrogens (tertiary/aromatic N) is 6. The molecule has 0 amide bonds. The zero-order valence-electron chi connectivity index (χ0n) is 16.1. The lowest BCUT2D eigenvalue weighted by Gasteiger charge is -2.26. The largest absolute Gasteiger partial charge is 0.289 e. The number of anilines is 2. The summed E-state index contributed by atoms with van der Waals surface area (Å²) in [5.74, 6) is 0.475. The molecule has 3 heterocycles. The van der Waals surface area contributed by atoms with Crippen LogP contribution in [0.2, 0.25) is 0 Å². The van der Waals surface area contributed by atoms with Crippen LogP contribution in [0.3, 0.4) is 0 Å². The van der Waals surface area contributed by atoms with Gasteiger partial charge in [0, 0.05) is 29.9 Å². The first kappa shape index (κ1) is 17.6. The van der Waals surface area contributed by atoms with E-state index in [1.54, 1.807) is 23.3 Å². The molecule has 3 aromatic heterocycles. The van der Waals surface area contributed by atoms with Gasteiger partial charge >= 0.3 is 0 Å². The number of rotatable bonds is 4. The minimum absolute atomic E-state index is 0.000555. The summed E-state index contributed by atoms with van der Waals surface area (Å²) < 4.78 is 1.87. The third-order valence-electron chi connectivity index (χ3n) is 5.48. The number of hydrogen-bond donors (Lipinski definition) is 0. The van der Waals surface area contributed by atoms with E-state index in [2.05, 4.69) is 10.1 Å². The second-order valence-electron chi connectivity index (χ2n) is 7.36. The van der Waals surface area contributed by atoms with Crippen LogP contribution in [0, 0.1) is 0 Å². The van der Waals surface area contributed by atoms with Crippen LogP contribution in [0.25, 0.3) is 11.0 Å². The minimum Gasteiger partial charge on any atom is -0.289 e. The van der Waals surface area contributed by atoms with Crippen LogP contribution < -0.4 is 10.6 Å². The Kier molecular flexibility index (Phi) is 4.56. The monoisotopic (exact) mass is 386 g/mol. The van der Waals surface area contributed by atoms with Gasteiger partial charge in [-0.25, -0.2) is 4.98 Å². The van der Waals surface area contributed by atoms with Gasteiger partial charge in [0.2, 0.25) is 0 Å². The van der Waals surface area contributed by atoms with Crippen LogP contribution in [0.4, 0.5) is 11.6 Å². The normalized spacial score (nSPS) is 14.9. The fourth-order valence-corrected chi connectivity index (χ4v) is 4.10. The zero-order valence-corrected chi connectivity index (χ0v) is 16.1. The molecule has 0 spiro atoms. The molecule has 5 rings (SSSR count). The van der Waals surface area contributed by atoms with E-state index < -0.39 is 0 Å². The van der Waals surface area contributed by atoms with E-state index in [0.717, 1.165) is 36.8 Å². The topological polar surface area (TPSA) is 68.8 Å². The molecule has 7 nitrogen and oxygen atoms in total. The van der Waals surface area contributed by atoms with Crippen LogP contribution in [0.15, 0.2) is 71.9 Å². The van der Waals surface area contributed by atoms with E-state index in [1.165, 1.54) is 6.42 Å². The molecule has 0 atom stereocenters. The second kappa shape index (κ2) is 7.50. The molecule has 146 valence electrons. The van der Waals surface area contributed by atoms with Gasteiger partial charge in [-0.1, -0.05) is 37.5 Å². The van der Waals surface area contributed by atoms with Gasteiger partial charge in [-0.2, -0.15) is 19.9 Å². The van der Waals surface area contributed by atoms with Crippen molar-refractivity contribution in [3.05, 3.63) is 77.5 Å². The lowest BCUT2D eigenvalue weighted by atomic mass is 9.95. The van der Waals surface area contributed by atoms with E-state index in [-0.39, 0.29) is 11.6 Å². The third kappa shape index (κ3) is 3.29. The number of para-hydroxylation sites is 1. The number of fused-ring (bicyclic) bond motifs is 1. The van der Waals surface area contributed by atoms with Crippen LogP contribution in [0.1, 0.15) is 38.1 Å². The van der Waals surface area contributed by atoms with Crippen molar-refractivity contribution in [3.8, 4) is 0 Å². The van der Waals surface area contributed by atoms with Crippen molar-refractivity contribution in [1.82, 2.24) is 24.4 Å². The van der Waals surface area contributed by atoms with E-state index in [0.29, 0.717) is 11.6 Å². The zero-order chi connectivity index (χ0) is 19.6. The summed E-state index contributed by atoms with van der Waals surface area (Å²) in [5.41, 5.74) is 1.57. The van der Waals surface area contributed by atoms with Gasteiger partial charge in [-0.05, 0) is 37.1 Å². The fourth-order valence-electron chi connectivity index (χ4n) is 4.10. The van der Waals surface area contributed by atoms with Crippen molar-refractivity contribution in [1.29, 1.82) is 0 Å². The van der Waals surface area contributed by atoms with E-state index >= 15 is 0 Å². The first-order chi connectivity index (χ1) is 14.3. The molecule has 0 unspecified atom stereocenters. The molecule has 0 radical (unpaired) electrons. The summed E-state index contributed by atoms with van der Waals surface area (Å²) in [5, 5.41) is 7.08. The summed E-state index contributed by atoms with van der Waals surface area (Å²) >= 11 is 0. The van der Waals surface area contributed by atoms with Gasteiger partial charge in [0.25, 0.3) is 11.5 Å². The molecule has 1 aliphatic carbocycles. The van der Waals surface area contributed by atoms with Gasteiger partial charge < -0.3 is 0 Å². The van der Waals surface area contributed by atoms with Gasteiger partial charge in [-0.15, -0.1) is 0 Å². The summed E-state index contributed by atoms with van der Waals surface area (Å²) in [6.45, 7) is 0. The average Bonchev–Trinajstić information content (AvgIpc) is 3.29. The van der Waals surface area contributed by atoms with Gasteiger partial charge in [-0.3, -0.25) is 9.36 Å². The summed E-state index contributed by atoms with van der Waals surface area (Å²) in [7, 11) is 0. The maximum Gasteiger partial charge on any atom is 0.253 e. The Morgan fingerprint density at radius 2 is 1.79 bits per heavy atom. The quantitative estimate of drug-likeness (QED) is 0.528. The molecule has 1 aliphatic rings. The molecule has 1 saturated carbocycles. The maximum absolute atomic E-state index is 12.8. The van der Waals surface area contributed by atoms with E-state index in [9.17, 15) is 4.79 Å². The van der Waals surface area contributed by atoms with Gasteiger partial charge in [0.15, 0.2) is 0 Å². The highest BCUT2D eigenvalue weighted by Gasteiger charge is 2.21. The number of hydrogen-bond acceptors (Lipinski definition) is 5. The Hall–Kier alpha value is -3.48. The summed E-state index contributed by atoms with van der Waals surface area (Å²) in [6, 6.07) is 15.3. The SMILES string of the molecule is O=c1ccc2cnc(N(c3ccccc3)n3cccn3)nc2n1C1CCCCC1. The Labute approximate surface area is 168 Å². The Balaban J connectivity index is 1.69. The second-order valence-corrected chi connectivity index (χ2v) is 7.36. The Morgan fingerprint density at radius 1 is 0.966 bits per heavy atom. The molecule has 7 heteroatoms. The average molecular weight is 386 g/mol. The lowest BCUT2D eigenvalue weighted by molar-refractivity contribution is 0.353. The fraction of sp³-hybridized carbons (Fsp3) is 0.273. The number of benzene rings is 1. The lowest BCUT2D eigenvalue weighted by Crippen LogP contribution is -2.29. The first-order valence-electron chi connectivity index (χ1n) is 10.0. The molecule has 0 saturated heterocycles. The van der Waals surface area contributed by atoms with Crippen molar-refractivity contribution in [3.63, 3.8) is 0 Å². The molecule has 0 N–H and O–H groups in total. The molecule has 29 heavy (non-hydrogen) atoms. The van der Waals surface area contributed by atoms with Crippen LogP contribution in [0.5, 0.6) is 0 Å². The maximum atomic E-state index is 12.8. The highest BCUT2D eigenvalue weighted by molar-refractivity contribution is 5.76. The standard InChI is InChI=1S/C22H22N6O/c29-20-13-12-17-16-23-22(25-21(17)27(20)18-8-3-1-4-9-18)28(26-15-7-14-24-26)19-10-5-2-6-11-19/h2,5-7,10-16,18H,1,3-4,8-9H2. The molecule has 4 aromatic rings. The number of aromatic nitrogens is 5. The smallest absolute Gasteiger partial charge is 0.253 e. The minimum atomic E-state index is -0.000555. The van der Waals surface area contributed by atoms with Gasteiger partial charge in [0.1, 0.15) is 5.65 Å². The van der Waals surface area contributed by atoms with Crippen LogP contribution in [-0.4, -0.2) is 24.4 Å². The van der Waals surface area contributed by atoms with E-state index in [4.69, 9.17) is 4.98 Å². The Morgan fingerprint density at radius 3 is 2.55 bits per heavy atom. The van der Waals surface area contributed by atoms with Crippen LogP contribution >= 0.6 is 0 Å². The van der Waals surface area contributed by atoms with Crippen LogP contribution in [-0.2, 0) is 0 Å². The van der Waals surface area contributed by atoms with E-state index in [1.807, 2.05) is 58.2 Å². The molecular weight excluding hydrogens is 364 g/mol. The predicted octanol–water partition coefficient (Wildman–Crippen LogP) is 4.09. The molecule has 0 aliphatic heterocycles. The van der Waals surface area contributed by atoms with Crippen molar-refractivity contribution in [2.24, 2.45) is 0 Å². The highest BCUT2D eigenvalue weighted by Crippen LogP contribution is 2.30.